The first-order valence-corrected chi connectivity index (χ1v) is 6.58. The van der Waals surface area contributed by atoms with Gasteiger partial charge in [0, 0.05) is 25.0 Å². The van der Waals surface area contributed by atoms with E-state index in [-0.39, 0.29) is 23.4 Å². The van der Waals surface area contributed by atoms with Crippen LogP contribution in [0.5, 0.6) is 0 Å². The van der Waals surface area contributed by atoms with E-state index in [0.717, 1.165) is 25.8 Å². The lowest BCUT2D eigenvalue weighted by atomic mass is 9.97. The third kappa shape index (κ3) is 2.05. The van der Waals surface area contributed by atoms with Crippen LogP contribution >= 0.6 is 0 Å². The van der Waals surface area contributed by atoms with Crippen molar-refractivity contribution in [1.82, 2.24) is 9.80 Å². The van der Waals surface area contributed by atoms with Crippen molar-refractivity contribution in [3.63, 3.8) is 0 Å². The Kier molecular flexibility index (Phi) is 3.15. The third-order valence-electron chi connectivity index (χ3n) is 4.27. The number of rotatable bonds is 2. The zero-order chi connectivity index (χ0) is 12.6. The molecular formula is C13H22N2O2. The van der Waals surface area contributed by atoms with Crippen molar-refractivity contribution in [3.05, 3.63) is 0 Å². The highest BCUT2D eigenvalue weighted by Gasteiger charge is 2.42. The molecule has 0 bridgehead atoms. The first kappa shape index (κ1) is 12.4. The van der Waals surface area contributed by atoms with E-state index in [2.05, 4.69) is 20.8 Å². The van der Waals surface area contributed by atoms with Gasteiger partial charge in [-0.2, -0.15) is 0 Å². The Balaban J connectivity index is 2.26. The maximum absolute atomic E-state index is 12.5. The summed E-state index contributed by atoms with van der Waals surface area (Å²) in [5.41, 5.74) is -0.143. The topological polar surface area (TPSA) is 40.6 Å². The van der Waals surface area contributed by atoms with Crippen LogP contribution in [0.15, 0.2) is 0 Å². The summed E-state index contributed by atoms with van der Waals surface area (Å²) in [5.74, 6) is 0.301. The van der Waals surface area contributed by atoms with Gasteiger partial charge < -0.3 is 9.80 Å². The van der Waals surface area contributed by atoms with Crippen LogP contribution in [0, 0.1) is 0 Å². The van der Waals surface area contributed by atoms with Crippen molar-refractivity contribution in [2.24, 2.45) is 0 Å². The Hall–Kier alpha value is -1.06. The predicted molar refractivity (Wildman–Crippen MR) is 65.4 cm³/mol. The van der Waals surface area contributed by atoms with E-state index in [9.17, 15) is 9.59 Å². The van der Waals surface area contributed by atoms with Gasteiger partial charge in [-0.15, -0.1) is 0 Å². The molecule has 0 aromatic heterocycles. The molecule has 1 unspecified atom stereocenters. The van der Waals surface area contributed by atoms with Gasteiger partial charge in [0.1, 0.15) is 6.04 Å². The zero-order valence-corrected chi connectivity index (χ0v) is 11.0. The highest BCUT2D eigenvalue weighted by Crippen LogP contribution is 2.28. The number of nitrogens with zero attached hydrogens (tertiary/aromatic N) is 2. The molecule has 96 valence electrons. The summed E-state index contributed by atoms with van der Waals surface area (Å²) in [5, 5.41) is 0. The van der Waals surface area contributed by atoms with Gasteiger partial charge in [0.05, 0.1) is 0 Å². The molecule has 2 amide bonds. The van der Waals surface area contributed by atoms with Crippen molar-refractivity contribution in [1.29, 1.82) is 0 Å². The van der Waals surface area contributed by atoms with E-state index < -0.39 is 0 Å². The molecule has 1 atom stereocenters. The summed E-state index contributed by atoms with van der Waals surface area (Å²) in [6.45, 7) is 7.59. The Morgan fingerprint density at radius 2 is 2.00 bits per heavy atom. The first-order valence-electron chi connectivity index (χ1n) is 6.58. The van der Waals surface area contributed by atoms with Crippen LogP contribution in [0.2, 0.25) is 0 Å². The van der Waals surface area contributed by atoms with Gasteiger partial charge in [0.2, 0.25) is 11.8 Å². The van der Waals surface area contributed by atoms with E-state index in [0.29, 0.717) is 13.0 Å². The molecule has 2 fully saturated rings. The molecule has 4 nitrogen and oxygen atoms in total. The number of hydrogen-bond donors (Lipinski definition) is 0. The lowest BCUT2D eigenvalue weighted by molar-refractivity contribution is -0.142. The van der Waals surface area contributed by atoms with Gasteiger partial charge >= 0.3 is 0 Å². The quantitative estimate of drug-likeness (QED) is 0.729. The van der Waals surface area contributed by atoms with Crippen LogP contribution in [0.25, 0.3) is 0 Å². The summed E-state index contributed by atoms with van der Waals surface area (Å²) in [7, 11) is 0. The maximum atomic E-state index is 12.5. The third-order valence-corrected chi connectivity index (χ3v) is 4.27. The van der Waals surface area contributed by atoms with Gasteiger partial charge in [-0.25, -0.2) is 0 Å². The smallest absolute Gasteiger partial charge is 0.245 e. The molecule has 2 heterocycles. The summed E-state index contributed by atoms with van der Waals surface area (Å²) in [6, 6.07) is -0.184. The highest BCUT2D eigenvalue weighted by molar-refractivity contribution is 5.91. The van der Waals surface area contributed by atoms with Crippen LogP contribution in [0.3, 0.4) is 0 Å². The number of carbonyl (C=O) groups excluding carboxylic acids is 2. The molecule has 0 aromatic carbocycles. The van der Waals surface area contributed by atoms with Crippen molar-refractivity contribution in [2.45, 2.75) is 58.0 Å². The summed E-state index contributed by atoms with van der Waals surface area (Å²) in [6.07, 6.45) is 3.19. The van der Waals surface area contributed by atoms with Gasteiger partial charge in [-0.05, 0) is 33.1 Å². The number of carbonyl (C=O) groups is 2. The number of amides is 2. The van der Waals surface area contributed by atoms with E-state index in [1.165, 1.54) is 0 Å². The second-order valence-electron chi connectivity index (χ2n) is 5.65. The van der Waals surface area contributed by atoms with E-state index >= 15 is 0 Å². The Labute approximate surface area is 103 Å². The van der Waals surface area contributed by atoms with Crippen LogP contribution in [-0.4, -0.2) is 46.3 Å². The molecular weight excluding hydrogens is 216 g/mol. The van der Waals surface area contributed by atoms with E-state index in [1.807, 2.05) is 4.90 Å². The molecule has 0 aliphatic carbocycles. The minimum Gasteiger partial charge on any atom is -0.335 e. The van der Waals surface area contributed by atoms with Crippen LogP contribution < -0.4 is 0 Å². The lowest BCUT2D eigenvalue weighted by Gasteiger charge is -2.38. The van der Waals surface area contributed by atoms with Crippen molar-refractivity contribution in [3.8, 4) is 0 Å². The molecule has 4 heteroatoms. The fourth-order valence-corrected chi connectivity index (χ4v) is 2.75. The van der Waals surface area contributed by atoms with Crippen molar-refractivity contribution >= 4 is 11.8 Å². The zero-order valence-electron chi connectivity index (χ0n) is 11.0. The second kappa shape index (κ2) is 4.31. The fourth-order valence-electron chi connectivity index (χ4n) is 2.75. The molecule has 17 heavy (non-hydrogen) atoms. The SMILES string of the molecule is CCC(C)(C)N1CCC(=O)N2CCCC2C1=O. The molecule has 2 aliphatic rings. The molecule has 2 aliphatic heterocycles. The molecule has 0 aromatic rings. The van der Waals surface area contributed by atoms with Gasteiger partial charge in [-0.1, -0.05) is 6.92 Å². The van der Waals surface area contributed by atoms with E-state index in [4.69, 9.17) is 0 Å². The first-order chi connectivity index (χ1) is 7.97. The molecule has 0 spiro atoms. The Bertz CT molecular complexity index is 338. The standard InChI is InChI=1S/C13H22N2O2/c1-4-13(2,3)15-9-7-11(16)14-8-5-6-10(14)12(15)17/h10H,4-9H2,1-3H3. The molecule has 0 N–H and O–H groups in total. The molecule has 0 saturated carbocycles. The molecule has 0 radical (unpaired) electrons. The molecule has 2 saturated heterocycles. The summed E-state index contributed by atoms with van der Waals surface area (Å²) in [4.78, 5) is 28.2. The monoisotopic (exact) mass is 238 g/mol. The number of hydrogen-bond acceptors (Lipinski definition) is 2. The summed E-state index contributed by atoms with van der Waals surface area (Å²) >= 11 is 0. The maximum Gasteiger partial charge on any atom is 0.245 e. The lowest BCUT2D eigenvalue weighted by Crippen LogP contribution is -2.52. The van der Waals surface area contributed by atoms with Gasteiger partial charge in [-0.3, -0.25) is 9.59 Å². The average Bonchev–Trinajstić information content (AvgIpc) is 2.73. The average molecular weight is 238 g/mol. The van der Waals surface area contributed by atoms with Gasteiger partial charge in [0.15, 0.2) is 0 Å². The minimum atomic E-state index is -0.184. The van der Waals surface area contributed by atoms with Crippen molar-refractivity contribution < 1.29 is 9.59 Å². The van der Waals surface area contributed by atoms with Gasteiger partial charge in [0.25, 0.3) is 0 Å². The number of fused-ring (bicyclic) bond motifs is 1. The second-order valence-corrected chi connectivity index (χ2v) is 5.65. The van der Waals surface area contributed by atoms with Crippen LogP contribution in [0.4, 0.5) is 0 Å². The minimum absolute atomic E-state index is 0.143. The van der Waals surface area contributed by atoms with Crippen molar-refractivity contribution in [2.75, 3.05) is 13.1 Å². The normalized spacial score (nSPS) is 26.2. The highest BCUT2D eigenvalue weighted by atomic mass is 16.2. The van der Waals surface area contributed by atoms with Crippen LogP contribution in [-0.2, 0) is 9.59 Å². The van der Waals surface area contributed by atoms with E-state index in [1.54, 1.807) is 4.90 Å². The predicted octanol–water partition coefficient (Wildman–Crippen LogP) is 1.40. The Morgan fingerprint density at radius 1 is 1.29 bits per heavy atom. The van der Waals surface area contributed by atoms with Crippen LogP contribution in [0.1, 0.15) is 46.5 Å². The summed E-state index contributed by atoms with van der Waals surface area (Å²) < 4.78 is 0. The largest absolute Gasteiger partial charge is 0.335 e. The molecule has 2 rings (SSSR count). The fraction of sp³-hybridized carbons (Fsp3) is 0.846. The Morgan fingerprint density at radius 3 is 2.65 bits per heavy atom.